The van der Waals surface area contributed by atoms with E-state index in [1.807, 2.05) is 0 Å². The average Bonchev–Trinajstić information content (AvgIpc) is 3.02. The van der Waals surface area contributed by atoms with Gasteiger partial charge in [0.25, 0.3) is 0 Å². The quantitative estimate of drug-likeness (QED) is 0.919. The average molecular weight is 328 g/mol. The minimum absolute atomic E-state index is 0.0812. The molecule has 0 atom stereocenters. The van der Waals surface area contributed by atoms with Gasteiger partial charge in [0, 0.05) is 31.7 Å². The molecule has 0 unspecified atom stereocenters. The molecule has 0 bridgehead atoms. The van der Waals surface area contributed by atoms with Crippen molar-refractivity contribution >= 4 is 5.82 Å². The Morgan fingerprint density at radius 1 is 1.26 bits per heavy atom. The molecule has 1 aliphatic rings. The lowest BCUT2D eigenvalue weighted by Gasteiger charge is -2.31. The fourth-order valence-electron chi connectivity index (χ4n) is 2.52. The number of hydrogen-bond acceptors (Lipinski definition) is 7. The van der Waals surface area contributed by atoms with Crippen LogP contribution >= 0.6 is 0 Å². The Labute approximate surface area is 129 Å². The molecule has 3 rings (SSSR count). The van der Waals surface area contributed by atoms with E-state index >= 15 is 0 Å². The van der Waals surface area contributed by atoms with Crippen molar-refractivity contribution in [2.45, 2.75) is 31.6 Å². The number of nitrogens with one attached hydrogen (secondary N) is 1. The van der Waals surface area contributed by atoms with E-state index in [2.05, 4.69) is 35.1 Å². The van der Waals surface area contributed by atoms with E-state index in [0.29, 0.717) is 6.54 Å². The summed E-state index contributed by atoms with van der Waals surface area (Å²) in [4.78, 5) is 9.31. The van der Waals surface area contributed by atoms with Gasteiger partial charge in [-0.2, -0.15) is 13.2 Å². The van der Waals surface area contributed by atoms with Crippen molar-refractivity contribution in [3.8, 4) is 0 Å². The van der Waals surface area contributed by atoms with Gasteiger partial charge >= 0.3 is 6.18 Å². The molecule has 1 aliphatic heterocycles. The van der Waals surface area contributed by atoms with Crippen LogP contribution < -0.4 is 5.32 Å². The van der Waals surface area contributed by atoms with E-state index in [1.54, 1.807) is 6.20 Å². The maximum absolute atomic E-state index is 12.6. The molecule has 10 heteroatoms. The summed E-state index contributed by atoms with van der Waals surface area (Å²) in [5.74, 6) is 0.200. The third kappa shape index (κ3) is 4.15. The Morgan fingerprint density at radius 3 is 2.70 bits per heavy atom. The van der Waals surface area contributed by atoms with Crippen molar-refractivity contribution in [3.63, 3.8) is 0 Å². The number of likely N-dealkylation sites (tertiary alicyclic amines) is 1. The number of piperidine rings is 1. The summed E-state index contributed by atoms with van der Waals surface area (Å²) in [5.41, 5.74) is -0.173. The van der Waals surface area contributed by atoms with Crippen LogP contribution in [0.2, 0.25) is 0 Å². The van der Waals surface area contributed by atoms with Crippen molar-refractivity contribution in [1.29, 1.82) is 0 Å². The summed E-state index contributed by atoms with van der Waals surface area (Å²) in [6.07, 6.45) is -0.358. The topological polar surface area (TPSA) is 80.0 Å². The van der Waals surface area contributed by atoms with Crippen molar-refractivity contribution < 1.29 is 17.8 Å². The summed E-state index contributed by atoms with van der Waals surface area (Å²) in [6, 6.07) is 1.02. The molecular weight excluding hydrogens is 313 g/mol. The second-order valence-corrected chi connectivity index (χ2v) is 5.38. The first-order valence-corrected chi connectivity index (χ1v) is 7.15. The highest BCUT2D eigenvalue weighted by molar-refractivity contribution is 5.36. The lowest BCUT2D eigenvalue weighted by molar-refractivity contribution is -0.141. The first-order valence-electron chi connectivity index (χ1n) is 7.15. The fraction of sp³-hybridized carbons (Fsp3) is 0.538. The predicted octanol–water partition coefficient (Wildman–Crippen LogP) is 1.95. The summed E-state index contributed by atoms with van der Waals surface area (Å²) in [6.45, 7) is 2.27. The monoisotopic (exact) mass is 328 g/mol. The van der Waals surface area contributed by atoms with Crippen LogP contribution in [0.15, 0.2) is 23.2 Å². The molecule has 23 heavy (non-hydrogen) atoms. The van der Waals surface area contributed by atoms with Crippen LogP contribution in [0.4, 0.5) is 19.0 Å². The summed E-state index contributed by atoms with van der Waals surface area (Å²) in [5, 5.41) is 10.4. The molecule has 2 aromatic rings. The molecule has 1 N–H and O–H groups in total. The van der Waals surface area contributed by atoms with E-state index in [-0.39, 0.29) is 11.9 Å². The molecule has 1 fully saturated rings. The Hall–Kier alpha value is -2.23. The van der Waals surface area contributed by atoms with Gasteiger partial charge in [-0.3, -0.25) is 4.90 Å². The van der Waals surface area contributed by atoms with Gasteiger partial charge in [0.1, 0.15) is 23.5 Å². The van der Waals surface area contributed by atoms with Gasteiger partial charge in [0.05, 0.1) is 6.20 Å². The lowest BCUT2D eigenvalue weighted by Crippen LogP contribution is -2.38. The number of anilines is 1. The predicted molar refractivity (Wildman–Crippen MR) is 73.3 cm³/mol. The molecule has 2 aromatic heterocycles. The Kier molecular flexibility index (Phi) is 4.42. The van der Waals surface area contributed by atoms with Gasteiger partial charge in [-0.05, 0) is 12.8 Å². The normalized spacial score (nSPS) is 17.3. The van der Waals surface area contributed by atoms with Gasteiger partial charge in [-0.15, -0.1) is 0 Å². The van der Waals surface area contributed by atoms with Gasteiger partial charge in [-0.25, -0.2) is 14.6 Å². The smallest absolute Gasteiger partial charge is 0.367 e. The molecule has 1 saturated heterocycles. The summed E-state index contributed by atoms with van der Waals surface area (Å²) in [7, 11) is 0. The van der Waals surface area contributed by atoms with Crippen molar-refractivity contribution in [3.05, 3.63) is 30.0 Å². The number of rotatable bonds is 4. The second kappa shape index (κ2) is 6.49. The maximum Gasteiger partial charge on any atom is 0.433 e. The van der Waals surface area contributed by atoms with E-state index in [4.69, 9.17) is 0 Å². The Bertz CT molecular complexity index is 625. The Balaban J connectivity index is 1.52. The van der Waals surface area contributed by atoms with Gasteiger partial charge in [-0.1, -0.05) is 10.3 Å². The molecule has 0 saturated carbocycles. The molecule has 0 radical (unpaired) electrons. The zero-order chi connectivity index (χ0) is 16.3. The van der Waals surface area contributed by atoms with Crippen LogP contribution in [-0.4, -0.2) is 44.3 Å². The van der Waals surface area contributed by atoms with Crippen LogP contribution in [0.25, 0.3) is 0 Å². The highest BCUT2D eigenvalue weighted by Crippen LogP contribution is 2.28. The Morgan fingerprint density at radius 2 is 2.04 bits per heavy atom. The zero-order valence-electron chi connectivity index (χ0n) is 12.1. The van der Waals surface area contributed by atoms with Crippen LogP contribution in [0.3, 0.4) is 0 Å². The summed E-state index contributed by atoms with van der Waals surface area (Å²) >= 11 is 0. The minimum atomic E-state index is -4.46. The van der Waals surface area contributed by atoms with Crippen molar-refractivity contribution in [2.24, 2.45) is 0 Å². The lowest BCUT2D eigenvalue weighted by atomic mass is 10.0. The van der Waals surface area contributed by atoms with E-state index in [1.165, 1.54) is 0 Å². The number of alkyl halides is 3. The number of aromatic nitrogens is 4. The van der Waals surface area contributed by atoms with E-state index in [0.717, 1.165) is 44.0 Å². The number of halogens is 3. The third-order valence-electron chi connectivity index (χ3n) is 3.69. The highest BCUT2D eigenvalue weighted by atomic mass is 19.4. The molecule has 0 aromatic carbocycles. The first kappa shape index (κ1) is 15.7. The van der Waals surface area contributed by atoms with E-state index < -0.39 is 11.9 Å². The van der Waals surface area contributed by atoms with Crippen LogP contribution in [0, 0.1) is 0 Å². The summed E-state index contributed by atoms with van der Waals surface area (Å²) < 4.78 is 42.5. The third-order valence-corrected chi connectivity index (χ3v) is 3.69. The van der Waals surface area contributed by atoms with Crippen LogP contribution in [-0.2, 0) is 12.7 Å². The maximum atomic E-state index is 12.6. The molecule has 0 amide bonds. The van der Waals surface area contributed by atoms with Gasteiger partial charge in [0.2, 0.25) is 0 Å². The molecule has 0 aliphatic carbocycles. The van der Waals surface area contributed by atoms with Crippen molar-refractivity contribution in [2.75, 3.05) is 18.4 Å². The van der Waals surface area contributed by atoms with Crippen LogP contribution in [0.5, 0.6) is 0 Å². The van der Waals surface area contributed by atoms with Crippen molar-refractivity contribution in [1.82, 2.24) is 25.2 Å². The highest BCUT2D eigenvalue weighted by Gasteiger charge is 2.33. The number of hydrogen-bond donors (Lipinski definition) is 1. The zero-order valence-corrected chi connectivity index (χ0v) is 12.1. The standard InChI is InChI=1S/C13H15F3N6O/c14-13(15,16)11-5-12(18-8-17-11)20-9-1-3-22(4-2-9)7-10-6-19-23-21-10/h5-6,8-9H,1-4,7H2,(H,17,18,20). The van der Waals surface area contributed by atoms with Gasteiger partial charge < -0.3 is 5.32 Å². The van der Waals surface area contributed by atoms with Gasteiger partial charge in [0.15, 0.2) is 0 Å². The first-order chi connectivity index (χ1) is 11.0. The molecular formula is C13H15F3N6O. The second-order valence-electron chi connectivity index (χ2n) is 5.38. The largest absolute Gasteiger partial charge is 0.433 e. The SMILES string of the molecule is FC(F)(F)c1cc(NC2CCN(Cc3cnon3)CC2)ncn1. The minimum Gasteiger partial charge on any atom is -0.367 e. The van der Waals surface area contributed by atoms with Crippen LogP contribution in [0.1, 0.15) is 24.2 Å². The molecule has 124 valence electrons. The number of nitrogens with zero attached hydrogens (tertiary/aromatic N) is 5. The molecule has 0 spiro atoms. The molecule has 7 nitrogen and oxygen atoms in total. The fourth-order valence-corrected chi connectivity index (χ4v) is 2.52. The van der Waals surface area contributed by atoms with E-state index in [9.17, 15) is 13.2 Å². The molecule has 3 heterocycles.